The summed E-state index contributed by atoms with van der Waals surface area (Å²) in [7, 11) is 0. The van der Waals surface area contributed by atoms with E-state index in [9.17, 15) is 0 Å². The number of benzene rings is 1. The average Bonchev–Trinajstić information content (AvgIpc) is 2.94. The van der Waals surface area contributed by atoms with E-state index in [1.807, 2.05) is 0 Å². The molecule has 4 heteroatoms. The molecule has 0 fully saturated rings. The van der Waals surface area contributed by atoms with Crippen LogP contribution < -0.4 is 5.32 Å². The fourth-order valence-electron chi connectivity index (χ4n) is 3.03. The van der Waals surface area contributed by atoms with Gasteiger partial charge in [-0.1, -0.05) is 52.8 Å². The molecule has 1 aliphatic heterocycles. The van der Waals surface area contributed by atoms with Gasteiger partial charge in [-0.3, -0.25) is 4.90 Å². The van der Waals surface area contributed by atoms with E-state index in [2.05, 4.69) is 63.0 Å². The molecule has 25 heavy (non-hydrogen) atoms. The molecule has 4 nitrogen and oxygen atoms in total. The van der Waals surface area contributed by atoms with E-state index in [1.165, 1.54) is 16.7 Å². The first kappa shape index (κ1) is 20.4. The van der Waals surface area contributed by atoms with Crippen LogP contribution in [0.5, 0.6) is 0 Å². The molecule has 1 aromatic carbocycles. The van der Waals surface area contributed by atoms with Crippen molar-refractivity contribution >= 4 is 0 Å². The van der Waals surface area contributed by atoms with Crippen LogP contribution in [0.2, 0.25) is 0 Å². The molecule has 1 aliphatic rings. The van der Waals surface area contributed by atoms with Crippen molar-refractivity contribution in [1.29, 1.82) is 0 Å². The highest BCUT2D eigenvalue weighted by molar-refractivity contribution is 5.37. The smallest absolute Gasteiger partial charge is 0.0701 e. The molecular weight excluding hydrogens is 312 g/mol. The molecule has 0 unspecified atom stereocenters. The van der Waals surface area contributed by atoms with E-state index >= 15 is 0 Å². The molecule has 1 heterocycles. The van der Waals surface area contributed by atoms with Crippen molar-refractivity contribution in [3.05, 3.63) is 34.9 Å². The molecule has 0 bridgehead atoms. The average molecular weight is 349 g/mol. The summed E-state index contributed by atoms with van der Waals surface area (Å²) in [5.74, 6) is 0. The van der Waals surface area contributed by atoms with Crippen LogP contribution in [-0.2, 0) is 28.0 Å². The Kier molecular flexibility index (Phi) is 7.88. The standard InChI is InChI=1S/C21H36N2O2/c1-17(2)22-8-10-24-12-13-25-11-9-23-15-18-6-7-20(21(3,4)5)14-19(18)16-23/h6-7,14,17,22H,8-13,15-16H2,1-5H3. The number of nitrogens with zero attached hydrogens (tertiary/aromatic N) is 1. The van der Waals surface area contributed by atoms with E-state index in [0.717, 1.165) is 39.4 Å². The van der Waals surface area contributed by atoms with Gasteiger partial charge in [0.05, 0.1) is 26.4 Å². The van der Waals surface area contributed by atoms with Gasteiger partial charge in [-0.05, 0) is 22.1 Å². The second kappa shape index (κ2) is 9.67. The zero-order valence-corrected chi connectivity index (χ0v) is 16.7. The highest BCUT2D eigenvalue weighted by Crippen LogP contribution is 2.29. The summed E-state index contributed by atoms with van der Waals surface area (Å²) in [6.45, 7) is 17.9. The lowest BCUT2D eigenvalue weighted by molar-refractivity contribution is 0.0388. The van der Waals surface area contributed by atoms with Gasteiger partial charge in [0.2, 0.25) is 0 Å². The van der Waals surface area contributed by atoms with Crippen LogP contribution in [0, 0.1) is 0 Å². The van der Waals surface area contributed by atoms with Gasteiger partial charge in [-0.25, -0.2) is 0 Å². The van der Waals surface area contributed by atoms with Crippen molar-refractivity contribution in [1.82, 2.24) is 10.2 Å². The van der Waals surface area contributed by atoms with Crippen molar-refractivity contribution in [3.8, 4) is 0 Å². The van der Waals surface area contributed by atoms with E-state index in [-0.39, 0.29) is 5.41 Å². The van der Waals surface area contributed by atoms with Crippen molar-refractivity contribution in [3.63, 3.8) is 0 Å². The minimum absolute atomic E-state index is 0.219. The van der Waals surface area contributed by atoms with Crippen molar-refractivity contribution in [2.24, 2.45) is 0 Å². The second-order valence-corrected chi connectivity index (χ2v) is 8.28. The van der Waals surface area contributed by atoms with Gasteiger partial charge in [0.25, 0.3) is 0 Å². The zero-order valence-electron chi connectivity index (χ0n) is 16.7. The number of nitrogens with one attached hydrogen (secondary N) is 1. The molecule has 0 atom stereocenters. The quantitative estimate of drug-likeness (QED) is 0.658. The number of hydrogen-bond donors (Lipinski definition) is 1. The highest BCUT2D eigenvalue weighted by atomic mass is 16.5. The summed E-state index contributed by atoms with van der Waals surface area (Å²) in [5, 5.41) is 3.33. The first-order valence-electron chi connectivity index (χ1n) is 9.60. The third kappa shape index (κ3) is 7.06. The van der Waals surface area contributed by atoms with Crippen LogP contribution in [0.15, 0.2) is 18.2 Å². The lowest BCUT2D eigenvalue weighted by atomic mass is 9.85. The predicted octanol–water partition coefficient (Wildman–Crippen LogP) is 3.33. The number of fused-ring (bicyclic) bond motifs is 1. The van der Waals surface area contributed by atoms with Gasteiger partial charge >= 0.3 is 0 Å². The normalized spacial score (nSPS) is 15.1. The van der Waals surface area contributed by atoms with Crippen LogP contribution in [0.25, 0.3) is 0 Å². The highest BCUT2D eigenvalue weighted by Gasteiger charge is 2.21. The maximum atomic E-state index is 5.71. The SMILES string of the molecule is CC(C)NCCOCCOCCN1Cc2ccc(C(C)(C)C)cc2C1. The molecular formula is C21H36N2O2. The van der Waals surface area contributed by atoms with Crippen LogP contribution in [0.4, 0.5) is 0 Å². The van der Waals surface area contributed by atoms with Crippen molar-refractivity contribution in [2.75, 3.05) is 39.5 Å². The minimum Gasteiger partial charge on any atom is -0.378 e. The summed E-state index contributed by atoms with van der Waals surface area (Å²) in [6, 6.07) is 7.49. The Balaban J connectivity index is 1.58. The topological polar surface area (TPSA) is 33.7 Å². The minimum atomic E-state index is 0.219. The van der Waals surface area contributed by atoms with Gasteiger partial charge in [-0.15, -0.1) is 0 Å². The Labute approximate surface area is 153 Å². The summed E-state index contributed by atoms with van der Waals surface area (Å²) in [4.78, 5) is 2.46. The van der Waals surface area contributed by atoms with Gasteiger partial charge < -0.3 is 14.8 Å². The monoisotopic (exact) mass is 348 g/mol. The third-order valence-corrected chi connectivity index (χ3v) is 4.58. The fraction of sp³-hybridized carbons (Fsp3) is 0.714. The van der Waals surface area contributed by atoms with Gasteiger partial charge in [0.1, 0.15) is 0 Å². The fourth-order valence-corrected chi connectivity index (χ4v) is 3.03. The van der Waals surface area contributed by atoms with Crippen LogP contribution >= 0.6 is 0 Å². The molecule has 0 aromatic heterocycles. The molecule has 142 valence electrons. The van der Waals surface area contributed by atoms with Crippen LogP contribution in [-0.4, -0.2) is 50.5 Å². The number of hydrogen-bond acceptors (Lipinski definition) is 4. The van der Waals surface area contributed by atoms with E-state index in [4.69, 9.17) is 9.47 Å². The Morgan fingerprint density at radius 3 is 2.36 bits per heavy atom. The molecule has 0 saturated heterocycles. The maximum Gasteiger partial charge on any atom is 0.0701 e. The molecule has 1 N–H and O–H groups in total. The summed E-state index contributed by atoms with van der Waals surface area (Å²) >= 11 is 0. The Bertz CT molecular complexity index is 523. The van der Waals surface area contributed by atoms with Gasteiger partial charge in [0, 0.05) is 32.2 Å². The molecule has 1 aromatic rings. The molecule has 0 saturated carbocycles. The van der Waals surface area contributed by atoms with Crippen molar-refractivity contribution < 1.29 is 9.47 Å². The van der Waals surface area contributed by atoms with E-state index < -0.39 is 0 Å². The Morgan fingerprint density at radius 1 is 1.00 bits per heavy atom. The second-order valence-electron chi connectivity index (χ2n) is 8.28. The lowest BCUT2D eigenvalue weighted by Gasteiger charge is -2.19. The van der Waals surface area contributed by atoms with E-state index in [0.29, 0.717) is 19.3 Å². The van der Waals surface area contributed by atoms with Gasteiger partial charge in [-0.2, -0.15) is 0 Å². The largest absolute Gasteiger partial charge is 0.378 e. The molecule has 0 amide bonds. The zero-order chi connectivity index (χ0) is 18.3. The molecule has 0 radical (unpaired) electrons. The van der Waals surface area contributed by atoms with Crippen LogP contribution in [0.3, 0.4) is 0 Å². The molecule has 0 spiro atoms. The van der Waals surface area contributed by atoms with Gasteiger partial charge in [0.15, 0.2) is 0 Å². The third-order valence-electron chi connectivity index (χ3n) is 4.58. The summed E-state index contributed by atoms with van der Waals surface area (Å²) in [5.41, 5.74) is 4.59. The van der Waals surface area contributed by atoms with E-state index in [1.54, 1.807) is 0 Å². The Morgan fingerprint density at radius 2 is 1.68 bits per heavy atom. The molecule has 2 rings (SSSR count). The summed E-state index contributed by atoms with van der Waals surface area (Å²) in [6.07, 6.45) is 0. The first-order valence-corrected chi connectivity index (χ1v) is 9.60. The predicted molar refractivity (Wildman–Crippen MR) is 104 cm³/mol. The van der Waals surface area contributed by atoms with Crippen LogP contribution in [0.1, 0.15) is 51.3 Å². The number of ether oxygens (including phenoxy) is 2. The molecule has 0 aliphatic carbocycles. The lowest BCUT2D eigenvalue weighted by Crippen LogP contribution is -2.27. The van der Waals surface area contributed by atoms with Crippen molar-refractivity contribution in [2.45, 2.75) is 59.2 Å². The number of rotatable bonds is 10. The Hall–Kier alpha value is -0.940. The maximum absolute atomic E-state index is 5.71. The first-order chi connectivity index (χ1) is 11.9. The summed E-state index contributed by atoms with van der Waals surface area (Å²) < 4.78 is 11.3.